The van der Waals surface area contributed by atoms with Crippen molar-refractivity contribution in [2.45, 2.75) is 143 Å². The molecule has 3 atom stereocenters. The van der Waals surface area contributed by atoms with Crippen molar-refractivity contribution < 1.29 is 24.0 Å². The van der Waals surface area contributed by atoms with Gasteiger partial charge in [0.2, 0.25) is 17.7 Å². The average Bonchev–Trinajstić information content (AvgIpc) is 3.77. The van der Waals surface area contributed by atoms with Gasteiger partial charge < -0.3 is 26.2 Å². The Morgan fingerprint density at radius 2 is 1.74 bits per heavy atom. The Morgan fingerprint density at radius 1 is 0.912 bits per heavy atom. The van der Waals surface area contributed by atoms with Gasteiger partial charge in [0.05, 0.1) is 18.1 Å². The van der Waals surface area contributed by atoms with Crippen molar-refractivity contribution in [3.8, 4) is 0 Å². The van der Waals surface area contributed by atoms with Crippen molar-refractivity contribution in [1.82, 2.24) is 40.6 Å². The van der Waals surface area contributed by atoms with Crippen LogP contribution in [0.5, 0.6) is 0 Å². The molecule has 17 heteroatoms. The molecule has 2 bridgehead atoms. The maximum atomic E-state index is 13.1. The van der Waals surface area contributed by atoms with Gasteiger partial charge in [0.25, 0.3) is 11.8 Å². The van der Waals surface area contributed by atoms with Crippen LogP contribution in [-0.2, 0) is 27.5 Å². The number of benzene rings is 2. The van der Waals surface area contributed by atoms with Crippen LogP contribution in [0.15, 0.2) is 83.0 Å². The quantitative estimate of drug-likeness (QED) is 0.0629. The number of fused-ring (bicyclic) bond motifs is 3. The number of hydrogen-bond donors (Lipinski definition) is 4. The van der Waals surface area contributed by atoms with E-state index in [9.17, 15) is 24.0 Å². The molecule has 3 fully saturated rings. The molecule has 3 unspecified atom stereocenters. The van der Waals surface area contributed by atoms with Crippen molar-refractivity contribution in [2.24, 2.45) is 5.73 Å². The zero-order chi connectivity index (χ0) is 47.2. The van der Waals surface area contributed by atoms with Gasteiger partial charge in [0, 0.05) is 72.8 Å². The first kappa shape index (κ1) is 47.0. The number of carbonyl (C=O) groups excluding carboxylic acids is 5. The van der Waals surface area contributed by atoms with E-state index in [-0.39, 0.29) is 54.4 Å². The molecule has 9 rings (SSSR count). The summed E-state index contributed by atoms with van der Waals surface area (Å²) in [5.41, 5.74) is 11.3. The predicted molar refractivity (Wildman–Crippen MR) is 259 cm³/mol. The van der Waals surface area contributed by atoms with Gasteiger partial charge >= 0.3 is 0 Å². The van der Waals surface area contributed by atoms with Crippen molar-refractivity contribution in [2.75, 3.05) is 29.9 Å². The zero-order valence-corrected chi connectivity index (χ0v) is 39.6. The normalized spacial score (nSPS) is 21.1. The molecule has 3 saturated heterocycles. The Morgan fingerprint density at radius 3 is 2.50 bits per heavy atom. The van der Waals surface area contributed by atoms with Crippen molar-refractivity contribution >= 4 is 58.4 Å². The van der Waals surface area contributed by atoms with Gasteiger partial charge in [-0.15, -0.1) is 5.10 Å². The largest absolute Gasteiger partial charge is 0.355 e. The molecule has 0 radical (unpaired) electrons. The fourth-order valence-corrected chi connectivity index (χ4v) is 10.9. The number of aromatic nitrogens is 4. The molecule has 2 aromatic heterocycles. The molecule has 356 valence electrons. The van der Waals surface area contributed by atoms with Gasteiger partial charge in [-0.05, 0) is 118 Å². The molecule has 0 spiro atoms. The lowest BCUT2D eigenvalue weighted by molar-refractivity contribution is -0.137. The number of nitrogens with zero attached hydrogens (tertiary/aromatic N) is 7. The summed E-state index contributed by atoms with van der Waals surface area (Å²) in [6.07, 6.45) is 18.6. The Hall–Kier alpha value is -6.04. The first-order valence-electron chi connectivity index (χ1n) is 24.2. The van der Waals surface area contributed by atoms with Gasteiger partial charge in [-0.1, -0.05) is 61.7 Å². The molecule has 5 aliphatic heterocycles. The van der Waals surface area contributed by atoms with Gasteiger partial charge in [0.1, 0.15) is 16.9 Å². The number of amides is 5. The van der Waals surface area contributed by atoms with E-state index < -0.39 is 11.9 Å². The highest BCUT2D eigenvalue weighted by molar-refractivity contribution is 7.99. The fraction of sp³-hybridized carbons (Fsp3) is 0.471. The molecular weight excluding hydrogens is 879 g/mol. The van der Waals surface area contributed by atoms with E-state index in [0.29, 0.717) is 30.5 Å². The second kappa shape index (κ2) is 21.1. The second-order valence-electron chi connectivity index (χ2n) is 19.2. The van der Waals surface area contributed by atoms with E-state index in [0.717, 1.165) is 122 Å². The smallest absolute Gasteiger partial charge is 0.272 e. The van der Waals surface area contributed by atoms with Crippen LogP contribution in [0.1, 0.15) is 134 Å². The first-order chi connectivity index (χ1) is 32.9. The SMILES string of the molecule is CC1(N)CCN(c2cnc(Sc3cccc(NC(=O)CCCCCCCCN4C5C=C(c6ccc(C(=O)NCc7ccc8c(c7)CN(C7CCC(=O)NC7=O)C8=O)nn6)CC4CC5)c3)cn2)CC1. The predicted octanol–water partition coefficient (Wildman–Crippen LogP) is 6.42. The topological polar surface area (TPSA) is 209 Å². The minimum atomic E-state index is -0.673. The average molecular weight is 940 g/mol. The standard InChI is InChI=1S/C51H61N11O5S/c1-51(52)20-23-60(24-21-51)44-30-54-47(31-53-44)68-39-10-8-9-36(28-39)56-45(63)11-6-4-2-3-5-7-22-61-37-13-14-38(61)27-34(26-37)41-16-17-42(59-58-41)48(65)55-29-33-12-15-40-35(25-33)32-62(50(40)67)43-18-19-46(64)57-49(43)66/h8-10,12,15-17,25-26,28,30-31,37-38,43H,2-7,11,13-14,18-24,27,29,32,52H2,1H3,(H,55,65)(H,56,63)(H,57,64,66). The number of nitrogens with two attached hydrogens (primary N) is 1. The first-order valence-corrected chi connectivity index (χ1v) is 25.1. The van der Waals surface area contributed by atoms with Gasteiger partial charge in [-0.3, -0.25) is 34.2 Å². The van der Waals surface area contributed by atoms with Gasteiger partial charge in [-0.2, -0.15) is 5.10 Å². The number of carbonyl (C=O) groups is 5. The third-order valence-electron chi connectivity index (χ3n) is 14.1. The Balaban J connectivity index is 0.646. The molecule has 68 heavy (non-hydrogen) atoms. The minimum Gasteiger partial charge on any atom is -0.355 e. The minimum absolute atomic E-state index is 0.0410. The third-order valence-corrected chi connectivity index (χ3v) is 15.0. The number of nitrogens with one attached hydrogen (secondary N) is 3. The van der Waals surface area contributed by atoms with Crippen LogP contribution in [0.3, 0.4) is 0 Å². The molecule has 0 aliphatic carbocycles. The maximum absolute atomic E-state index is 13.1. The molecule has 5 amide bonds. The summed E-state index contributed by atoms with van der Waals surface area (Å²) in [5, 5.41) is 17.9. The van der Waals surface area contributed by atoms with Crippen molar-refractivity contribution in [3.05, 3.63) is 101 Å². The van der Waals surface area contributed by atoms with Crippen LogP contribution in [0.25, 0.3) is 5.57 Å². The molecule has 16 nitrogen and oxygen atoms in total. The zero-order valence-electron chi connectivity index (χ0n) is 38.8. The molecule has 0 saturated carbocycles. The van der Waals surface area contributed by atoms with Crippen LogP contribution < -0.4 is 26.6 Å². The number of anilines is 2. The summed E-state index contributed by atoms with van der Waals surface area (Å²) in [7, 11) is 0. The van der Waals surface area contributed by atoms with Crippen LogP contribution in [-0.4, -0.2) is 103 Å². The van der Waals surface area contributed by atoms with Gasteiger partial charge in [0.15, 0.2) is 5.69 Å². The van der Waals surface area contributed by atoms with Crippen molar-refractivity contribution in [3.63, 3.8) is 0 Å². The summed E-state index contributed by atoms with van der Waals surface area (Å²) < 4.78 is 0. The van der Waals surface area contributed by atoms with E-state index in [1.54, 1.807) is 18.2 Å². The lowest BCUT2D eigenvalue weighted by atomic mass is 9.91. The van der Waals surface area contributed by atoms with Gasteiger partial charge in [-0.25, -0.2) is 9.97 Å². The van der Waals surface area contributed by atoms with E-state index in [4.69, 9.17) is 5.73 Å². The van der Waals surface area contributed by atoms with Crippen molar-refractivity contribution in [1.29, 1.82) is 0 Å². The summed E-state index contributed by atoms with van der Waals surface area (Å²) in [5.74, 6) is -0.410. The third kappa shape index (κ3) is 11.4. The molecule has 5 aliphatic rings. The summed E-state index contributed by atoms with van der Waals surface area (Å²) in [6.45, 7) is 5.47. The van der Waals surface area contributed by atoms with E-state index in [2.05, 4.69) is 58.9 Å². The monoisotopic (exact) mass is 939 g/mol. The highest BCUT2D eigenvalue weighted by atomic mass is 32.2. The highest BCUT2D eigenvalue weighted by Gasteiger charge is 2.39. The lowest BCUT2D eigenvalue weighted by Crippen LogP contribution is -2.52. The van der Waals surface area contributed by atoms with E-state index in [1.807, 2.05) is 48.8 Å². The van der Waals surface area contributed by atoms with E-state index in [1.165, 1.54) is 28.7 Å². The molecule has 7 heterocycles. The Bertz CT molecular complexity index is 2540. The maximum Gasteiger partial charge on any atom is 0.272 e. The van der Waals surface area contributed by atoms with Crippen LogP contribution in [0.2, 0.25) is 0 Å². The van der Waals surface area contributed by atoms with Crippen LogP contribution in [0.4, 0.5) is 11.5 Å². The summed E-state index contributed by atoms with van der Waals surface area (Å²) in [6, 6.07) is 17.1. The lowest BCUT2D eigenvalue weighted by Gasteiger charge is -2.37. The van der Waals surface area contributed by atoms with Crippen LogP contribution in [0, 0.1) is 0 Å². The number of unbranched alkanes of at least 4 members (excludes halogenated alkanes) is 5. The second-order valence-corrected chi connectivity index (χ2v) is 20.3. The molecule has 5 N–H and O–H groups in total. The van der Waals surface area contributed by atoms with Crippen LogP contribution >= 0.6 is 11.8 Å². The Labute approximate surface area is 401 Å². The van der Waals surface area contributed by atoms with E-state index >= 15 is 0 Å². The summed E-state index contributed by atoms with van der Waals surface area (Å²) in [4.78, 5) is 79.6. The Kier molecular flexibility index (Phi) is 14.6. The highest BCUT2D eigenvalue weighted by Crippen LogP contribution is 2.38. The number of piperidine rings is 2. The molecule has 2 aromatic carbocycles. The summed E-state index contributed by atoms with van der Waals surface area (Å²) >= 11 is 1.53. The molecule has 4 aromatic rings. The molecular formula is C51H61N11O5S. The number of hydrogen-bond acceptors (Lipinski definition) is 13. The number of rotatable bonds is 18. The fourth-order valence-electron chi connectivity index (χ4n) is 10.1. The number of imide groups is 1.